The van der Waals surface area contributed by atoms with E-state index in [-0.39, 0.29) is 5.56 Å². The highest BCUT2D eigenvalue weighted by molar-refractivity contribution is 7.03. The fourth-order valence-corrected chi connectivity index (χ4v) is 4.39. The topological polar surface area (TPSA) is 51.0 Å². The van der Waals surface area contributed by atoms with Crippen molar-refractivity contribution < 1.29 is 0 Å². The van der Waals surface area contributed by atoms with Crippen molar-refractivity contribution in [2.45, 2.75) is 51.6 Å². The summed E-state index contributed by atoms with van der Waals surface area (Å²) in [5.41, 5.74) is 3.73. The molecule has 0 radical (unpaired) electrons. The minimum absolute atomic E-state index is 0.0856. The van der Waals surface area contributed by atoms with E-state index in [1.165, 1.54) is 35.5 Å². The van der Waals surface area contributed by atoms with Crippen molar-refractivity contribution in [2.75, 3.05) is 13.1 Å². The van der Waals surface area contributed by atoms with Gasteiger partial charge in [0.1, 0.15) is 0 Å². The Morgan fingerprint density at radius 3 is 2.83 bits per heavy atom. The first kappa shape index (κ1) is 16.0. The van der Waals surface area contributed by atoms with E-state index in [1.807, 2.05) is 12.3 Å². The molecule has 0 amide bonds. The Kier molecular flexibility index (Phi) is 4.76. The van der Waals surface area contributed by atoms with Gasteiger partial charge in [0.15, 0.2) is 0 Å². The second kappa shape index (κ2) is 7.15. The standard InChI is InChI=1S/C18H24N4OS/c23-18-9-16-3-1-2-4-17(16)20-22(18)12-14-5-7-21(8-6-14)11-15-10-19-24-13-15/h9-10,13-14H,1-8,11-12H2. The summed E-state index contributed by atoms with van der Waals surface area (Å²) in [4.78, 5) is 14.8. The number of rotatable bonds is 4. The van der Waals surface area contributed by atoms with Crippen LogP contribution in [0.2, 0.25) is 0 Å². The molecule has 128 valence electrons. The molecule has 0 bridgehead atoms. The maximum atomic E-state index is 12.3. The van der Waals surface area contributed by atoms with Crippen LogP contribution in [0.1, 0.15) is 42.5 Å². The Hall–Kier alpha value is -1.53. The van der Waals surface area contributed by atoms with Crippen molar-refractivity contribution in [3.63, 3.8) is 0 Å². The SMILES string of the molecule is O=c1cc2c(nn1CC1CCN(Cc3cnsc3)CC1)CCCC2. The van der Waals surface area contributed by atoms with Gasteiger partial charge in [-0.25, -0.2) is 9.06 Å². The molecule has 5 nitrogen and oxygen atoms in total. The molecule has 0 atom stereocenters. The molecule has 2 aliphatic rings. The molecule has 0 N–H and O–H groups in total. The molecule has 0 saturated carbocycles. The lowest BCUT2D eigenvalue weighted by Gasteiger charge is -2.31. The maximum Gasteiger partial charge on any atom is 0.267 e. The van der Waals surface area contributed by atoms with Crippen LogP contribution in [0.4, 0.5) is 0 Å². The monoisotopic (exact) mass is 344 g/mol. The van der Waals surface area contributed by atoms with E-state index in [9.17, 15) is 4.79 Å². The number of likely N-dealkylation sites (tertiary alicyclic amines) is 1. The van der Waals surface area contributed by atoms with E-state index < -0.39 is 0 Å². The molecule has 2 aromatic rings. The largest absolute Gasteiger partial charge is 0.299 e. The minimum atomic E-state index is 0.0856. The van der Waals surface area contributed by atoms with Crippen LogP contribution in [0.25, 0.3) is 0 Å². The van der Waals surface area contributed by atoms with Gasteiger partial charge in [-0.15, -0.1) is 0 Å². The van der Waals surface area contributed by atoms with Crippen LogP contribution < -0.4 is 5.56 Å². The third-order valence-corrected chi connectivity index (χ3v) is 5.94. The van der Waals surface area contributed by atoms with Crippen molar-refractivity contribution in [2.24, 2.45) is 5.92 Å². The van der Waals surface area contributed by atoms with Gasteiger partial charge in [-0.2, -0.15) is 5.10 Å². The zero-order valence-electron chi connectivity index (χ0n) is 14.0. The molecule has 1 aliphatic heterocycles. The predicted molar refractivity (Wildman–Crippen MR) is 95.3 cm³/mol. The van der Waals surface area contributed by atoms with Crippen molar-refractivity contribution in [1.29, 1.82) is 0 Å². The smallest absolute Gasteiger partial charge is 0.267 e. The molecule has 3 heterocycles. The van der Waals surface area contributed by atoms with E-state index in [2.05, 4.69) is 19.8 Å². The molecule has 24 heavy (non-hydrogen) atoms. The normalized spacial score (nSPS) is 19.3. The van der Waals surface area contributed by atoms with Gasteiger partial charge in [-0.1, -0.05) is 0 Å². The number of fused-ring (bicyclic) bond motifs is 1. The van der Waals surface area contributed by atoms with Crippen LogP contribution in [0.5, 0.6) is 0 Å². The number of aryl methyl sites for hydroxylation is 2. The van der Waals surface area contributed by atoms with Gasteiger partial charge in [0, 0.05) is 30.7 Å². The number of piperidine rings is 1. The average Bonchev–Trinajstić information content (AvgIpc) is 3.10. The quantitative estimate of drug-likeness (QED) is 0.855. The molecular weight excluding hydrogens is 320 g/mol. The first-order valence-corrected chi connectivity index (χ1v) is 9.82. The van der Waals surface area contributed by atoms with Crippen molar-refractivity contribution in [3.05, 3.63) is 44.8 Å². The lowest BCUT2D eigenvalue weighted by Crippen LogP contribution is -2.36. The minimum Gasteiger partial charge on any atom is -0.299 e. The van der Waals surface area contributed by atoms with Crippen LogP contribution in [-0.4, -0.2) is 32.1 Å². The van der Waals surface area contributed by atoms with Crippen LogP contribution in [0, 0.1) is 5.92 Å². The number of nitrogens with zero attached hydrogens (tertiary/aromatic N) is 4. The van der Waals surface area contributed by atoms with Crippen molar-refractivity contribution >= 4 is 11.5 Å². The summed E-state index contributed by atoms with van der Waals surface area (Å²) in [6, 6.07) is 1.83. The first-order valence-electron chi connectivity index (χ1n) is 8.98. The Labute approximate surface area is 146 Å². The number of hydrogen-bond acceptors (Lipinski definition) is 5. The summed E-state index contributed by atoms with van der Waals surface area (Å²) in [5.74, 6) is 0.564. The molecule has 2 aromatic heterocycles. The highest BCUT2D eigenvalue weighted by Crippen LogP contribution is 2.21. The lowest BCUT2D eigenvalue weighted by atomic mass is 9.95. The van der Waals surface area contributed by atoms with Gasteiger partial charge >= 0.3 is 0 Å². The maximum absolute atomic E-state index is 12.3. The van der Waals surface area contributed by atoms with Gasteiger partial charge in [0.2, 0.25) is 0 Å². The first-order chi connectivity index (χ1) is 11.8. The van der Waals surface area contributed by atoms with E-state index in [4.69, 9.17) is 0 Å². The molecular formula is C18H24N4OS. The third-order valence-electron chi connectivity index (χ3n) is 5.30. The van der Waals surface area contributed by atoms with Gasteiger partial charge in [0.25, 0.3) is 5.56 Å². The Morgan fingerprint density at radius 1 is 1.21 bits per heavy atom. The number of aromatic nitrogens is 3. The predicted octanol–water partition coefficient (Wildman–Crippen LogP) is 2.49. The van der Waals surface area contributed by atoms with Crippen LogP contribution in [0.3, 0.4) is 0 Å². The van der Waals surface area contributed by atoms with E-state index in [0.717, 1.165) is 57.6 Å². The molecule has 1 fully saturated rings. The molecule has 0 spiro atoms. The highest BCUT2D eigenvalue weighted by Gasteiger charge is 2.21. The molecule has 0 aromatic carbocycles. The van der Waals surface area contributed by atoms with Crippen LogP contribution in [-0.2, 0) is 25.9 Å². The van der Waals surface area contributed by atoms with E-state index >= 15 is 0 Å². The summed E-state index contributed by atoms with van der Waals surface area (Å²) in [5, 5.41) is 6.80. The van der Waals surface area contributed by atoms with Crippen molar-refractivity contribution in [1.82, 2.24) is 19.1 Å². The molecule has 1 saturated heterocycles. The zero-order chi connectivity index (χ0) is 16.4. The Balaban J connectivity index is 1.36. The fraction of sp³-hybridized carbons (Fsp3) is 0.611. The highest BCUT2D eigenvalue weighted by atomic mass is 32.1. The third kappa shape index (κ3) is 3.59. The van der Waals surface area contributed by atoms with Crippen LogP contribution >= 0.6 is 11.5 Å². The number of hydrogen-bond donors (Lipinski definition) is 0. The molecule has 0 unspecified atom stereocenters. The van der Waals surface area contributed by atoms with E-state index in [1.54, 1.807) is 4.68 Å². The summed E-state index contributed by atoms with van der Waals surface area (Å²) in [6.45, 7) is 3.97. The molecule has 4 rings (SSSR count). The fourth-order valence-electron chi connectivity index (χ4n) is 3.87. The van der Waals surface area contributed by atoms with E-state index in [0.29, 0.717) is 5.92 Å². The second-order valence-corrected chi connectivity index (χ2v) is 7.75. The molecule has 1 aliphatic carbocycles. The van der Waals surface area contributed by atoms with Gasteiger partial charge in [0.05, 0.1) is 5.69 Å². The second-order valence-electron chi connectivity index (χ2n) is 7.10. The molecule has 6 heteroatoms. The summed E-state index contributed by atoms with van der Waals surface area (Å²) in [7, 11) is 0. The van der Waals surface area contributed by atoms with Crippen molar-refractivity contribution in [3.8, 4) is 0 Å². The van der Waals surface area contributed by atoms with Gasteiger partial charge in [-0.05, 0) is 80.2 Å². The average molecular weight is 344 g/mol. The Bertz CT molecular complexity index is 732. The van der Waals surface area contributed by atoms with Gasteiger partial charge in [-0.3, -0.25) is 9.69 Å². The van der Waals surface area contributed by atoms with Crippen LogP contribution in [0.15, 0.2) is 22.4 Å². The lowest BCUT2D eigenvalue weighted by molar-refractivity contribution is 0.163. The Morgan fingerprint density at radius 2 is 2.04 bits per heavy atom. The summed E-state index contributed by atoms with van der Waals surface area (Å²) in [6.07, 6.45) is 8.69. The summed E-state index contributed by atoms with van der Waals surface area (Å²) < 4.78 is 5.90. The zero-order valence-corrected chi connectivity index (χ0v) is 14.8. The van der Waals surface area contributed by atoms with Gasteiger partial charge < -0.3 is 0 Å². The summed E-state index contributed by atoms with van der Waals surface area (Å²) >= 11 is 1.52.